The third kappa shape index (κ3) is 14.2. The highest BCUT2D eigenvalue weighted by Crippen LogP contribution is 2.05. The first kappa shape index (κ1) is 21.9. The third-order valence-electron chi connectivity index (χ3n) is 3.43. The quantitative estimate of drug-likeness (QED) is 0.474. The van der Waals surface area contributed by atoms with Gasteiger partial charge in [0.2, 0.25) is 0 Å². The lowest BCUT2D eigenvalue weighted by Gasteiger charge is -2.10. The number of hydrogen-bond acceptors (Lipinski definition) is 6. The Hall–Kier alpha value is -1.14. The average Bonchev–Trinajstić information content (AvgIpc) is 2.47. The molecule has 0 fully saturated rings. The maximum absolute atomic E-state index is 11.5. The zero-order valence-corrected chi connectivity index (χ0v) is 14.5. The van der Waals surface area contributed by atoms with E-state index >= 15 is 0 Å². The highest BCUT2D eigenvalue weighted by atomic mass is 16.5. The van der Waals surface area contributed by atoms with Gasteiger partial charge >= 0.3 is 11.9 Å². The van der Waals surface area contributed by atoms with Crippen LogP contribution in [0.2, 0.25) is 0 Å². The summed E-state index contributed by atoms with van der Waals surface area (Å²) in [4.78, 5) is 22.9. The molecule has 0 rings (SSSR count). The maximum Gasteiger partial charge on any atom is 0.305 e. The predicted molar refractivity (Wildman–Crippen MR) is 86.8 cm³/mol. The van der Waals surface area contributed by atoms with Gasteiger partial charge in [0.25, 0.3) is 0 Å². The van der Waals surface area contributed by atoms with Crippen molar-refractivity contribution in [2.24, 2.45) is 0 Å². The smallest absolute Gasteiger partial charge is 0.305 e. The number of aliphatic hydroxyl groups is 2. The summed E-state index contributed by atoms with van der Waals surface area (Å²) in [6.07, 6.45) is 3.95. The van der Waals surface area contributed by atoms with Gasteiger partial charge in [0.1, 0.15) is 0 Å². The molecule has 2 atom stereocenters. The molecule has 0 radical (unpaired) electrons. The molecule has 0 amide bonds. The number of esters is 2. The lowest BCUT2D eigenvalue weighted by molar-refractivity contribution is -0.146. The molecule has 0 heterocycles. The third-order valence-corrected chi connectivity index (χ3v) is 3.43. The SMILES string of the molecule is CCCC(O)CCOC(=O)CCCC(=O)OCCC(O)CCC. The highest BCUT2D eigenvalue weighted by Gasteiger charge is 2.10. The summed E-state index contributed by atoms with van der Waals surface area (Å²) in [5, 5.41) is 19.0. The number of ether oxygens (including phenoxy) is 2. The summed E-state index contributed by atoms with van der Waals surface area (Å²) in [5.41, 5.74) is 0. The Morgan fingerprint density at radius 3 is 1.52 bits per heavy atom. The van der Waals surface area contributed by atoms with Crippen LogP contribution in [-0.2, 0) is 19.1 Å². The normalized spacial score (nSPS) is 13.4. The van der Waals surface area contributed by atoms with Crippen LogP contribution in [0.3, 0.4) is 0 Å². The van der Waals surface area contributed by atoms with Crippen molar-refractivity contribution in [2.75, 3.05) is 13.2 Å². The second-order valence-corrected chi connectivity index (χ2v) is 5.76. The Labute approximate surface area is 139 Å². The van der Waals surface area contributed by atoms with Gasteiger partial charge in [-0.25, -0.2) is 0 Å². The van der Waals surface area contributed by atoms with Crippen molar-refractivity contribution in [2.45, 2.75) is 83.8 Å². The van der Waals surface area contributed by atoms with Crippen LogP contribution >= 0.6 is 0 Å². The van der Waals surface area contributed by atoms with Crippen LogP contribution < -0.4 is 0 Å². The van der Waals surface area contributed by atoms with Crippen LogP contribution in [-0.4, -0.2) is 47.6 Å². The van der Waals surface area contributed by atoms with E-state index in [1.54, 1.807) is 0 Å². The summed E-state index contributed by atoms with van der Waals surface area (Å²) in [7, 11) is 0. The first-order valence-corrected chi connectivity index (χ1v) is 8.66. The van der Waals surface area contributed by atoms with Crippen LogP contribution in [0.15, 0.2) is 0 Å². The minimum Gasteiger partial charge on any atom is -0.466 e. The summed E-state index contributed by atoms with van der Waals surface area (Å²) in [6.45, 7) is 4.39. The standard InChI is InChI=1S/C17H32O6/c1-3-6-14(18)10-12-22-16(20)8-5-9-17(21)23-13-11-15(19)7-4-2/h14-15,18-19H,3-13H2,1-2H3. The number of carbonyl (C=O) groups excluding carboxylic acids is 2. The van der Waals surface area contributed by atoms with Gasteiger partial charge in [0.15, 0.2) is 0 Å². The topological polar surface area (TPSA) is 93.1 Å². The Kier molecular flexibility index (Phi) is 13.7. The molecule has 2 N–H and O–H groups in total. The van der Waals surface area contributed by atoms with Crippen molar-refractivity contribution in [3.63, 3.8) is 0 Å². The Morgan fingerprint density at radius 1 is 0.783 bits per heavy atom. The molecule has 6 nitrogen and oxygen atoms in total. The van der Waals surface area contributed by atoms with E-state index in [0.717, 1.165) is 12.8 Å². The van der Waals surface area contributed by atoms with E-state index in [1.807, 2.05) is 13.8 Å². The summed E-state index contributed by atoms with van der Waals surface area (Å²) >= 11 is 0. The van der Waals surface area contributed by atoms with Crippen molar-refractivity contribution in [1.29, 1.82) is 0 Å². The van der Waals surface area contributed by atoms with Crippen LogP contribution in [0.4, 0.5) is 0 Å². The Balaban J connectivity index is 3.54. The molecule has 6 heteroatoms. The largest absolute Gasteiger partial charge is 0.466 e. The Morgan fingerprint density at radius 2 is 1.17 bits per heavy atom. The second kappa shape index (κ2) is 14.5. The van der Waals surface area contributed by atoms with Crippen LogP contribution in [0.5, 0.6) is 0 Å². The lowest BCUT2D eigenvalue weighted by Crippen LogP contribution is -2.14. The minimum atomic E-state index is -0.425. The molecule has 0 aromatic rings. The molecule has 0 bridgehead atoms. The summed E-state index contributed by atoms with van der Waals surface area (Å²) in [5.74, 6) is -0.722. The highest BCUT2D eigenvalue weighted by molar-refractivity contribution is 5.72. The van der Waals surface area contributed by atoms with Gasteiger partial charge in [-0.2, -0.15) is 0 Å². The minimum absolute atomic E-state index is 0.164. The predicted octanol–water partition coefficient (Wildman–Crippen LogP) is 2.35. The first-order valence-electron chi connectivity index (χ1n) is 8.66. The zero-order chi connectivity index (χ0) is 17.5. The lowest BCUT2D eigenvalue weighted by atomic mass is 10.1. The molecule has 0 aliphatic carbocycles. The van der Waals surface area contributed by atoms with Crippen molar-refractivity contribution in [3.05, 3.63) is 0 Å². The average molecular weight is 332 g/mol. The van der Waals surface area contributed by atoms with Gasteiger partial charge in [-0.3, -0.25) is 9.59 Å². The van der Waals surface area contributed by atoms with Crippen molar-refractivity contribution in [1.82, 2.24) is 0 Å². The molecular formula is C17H32O6. The fourth-order valence-corrected chi connectivity index (χ4v) is 2.09. The number of aliphatic hydroxyl groups excluding tert-OH is 2. The van der Waals surface area contributed by atoms with Gasteiger partial charge in [0.05, 0.1) is 25.4 Å². The van der Waals surface area contributed by atoms with E-state index in [-0.39, 0.29) is 38.0 Å². The van der Waals surface area contributed by atoms with E-state index in [2.05, 4.69) is 0 Å². The van der Waals surface area contributed by atoms with E-state index < -0.39 is 12.2 Å². The Bertz CT molecular complexity index is 288. The number of hydrogen-bond donors (Lipinski definition) is 2. The molecule has 136 valence electrons. The molecule has 0 spiro atoms. The van der Waals surface area contributed by atoms with Gasteiger partial charge in [-0.1, -0.05) is 26.7 Å². The van der Waals surface area contributed by atoms with E-state index in [0.29, 0.717) is 32.1 Å². The van der Waals surface area contributed by atoms with Crippen molar-refractivity contribution in [3.8, 4) is 0 Å². The molecule has 0 aromatic heterocycles. The van der Waals surface area contributed by atoms with Crippen LogP contribution in [0.25, 0.3) is 0 Å². The molecule has 0 saturated carbocycles. The molecule has 0 aliphatic heterocycles. The molecule has 0 saturated heterocycles. The summed E-state index contributed by atoms with van der Waals surface area (Å²) < 4.78 is 9.99. The second-order valence-electron chi connectivity index (χ2n) is 5.76. The first-order chi connectivity index (χ1) is 11.0. The summed E-state index contributed by atoms with van der Waals surface area (Å²) in [6, 6.07) is 0. The van der Waals surface area contributed by atoms with Gasteiger partial charge in [0, 0.05) is 25.7 Å². The number of rotatable bonds is 14. The molecular weight excluding hydrogens is 300 g/mol. The van der Waals surface area contributed by atoms with Crippen LogP contribution in [0.1, 0.15) is 71.6 Å². The number of carbonyl (C=O) groups is 2. The molecule has 23 heavy (non-hydrogen) atoms. The molecule has 0 aromatic carbocycles. The van der Waals surface area contributed by atoms with E-state index in [1.165, 1.54) is 0 Å². The maximum atomic E-state index is 11.5. The fourth-order valence-electron chi connectivity index (χ4n) is 2.09. The van der Waals surface area contributed by atoms with E-state index in [4.69, 9.17) is 9.47 Å². The molecule has 0 aliphatic rings. The van der Waals surface area contributed by atoms with Gasteiger partial charge in [-0.15, -0.1) is 0 Å². The van der Waals surface area contributed by atoms with Gasteiger partial charge in [-0.05, 0) is 19.3 Å². The van der Waals surface area contributed by atoms with Crippen molar-refractivity contribution >= 4 is 11.9 Å². The monoisotopic (exact) mass is 332 g/mol. The molecule has 2 unspecified atom stereocenters. The van der Waals surface area contributed by atoms with Gasteiger partial charge < -0.3 is 19.7 Å². The fraction of sp³-hybridized carbons (Fsp3) is 0.882. The van der Waals surface area contributed by atoms with E-state index in [9.17, 15) is 19.8 Å². The zero-order valence-electron chi connectivity index (χ0n) is 14.5. The van der Waals surface area contributed by atoms with Crippen molar-refractivity contribution < 1.29 is 29.3 Å². The van der Waals surface area contributed by atoms with Crippen LogP contribution in [0, 0.1) is 0 Å².